The number of aromatic nitrogens is 1. The predicted molar refractivity (Wildman–Crippen MR) is 104 cm³/mol. The van der Waals surface area contributed by atoms with Gasteiger partial charge in [-0.3, -0.25) is 9.69 Å². The third kappa shape index (κ3) is 4.36. The summed E-state index contributed by atoms with van der Waals surface area (Å²) in [7, 11) is 1.65. The van der Waals surface area contributed by atoms with E-state index in [1.54, 1.807) is 13.4 Å². The third-order valence-corrected chi connectivity index (χ3v) is 5.53. The molecule has 28 heavy (non-hydrogen) atoms. The molecular formula is C21H27N3O4. The number of ether oxygens (including phenoxy) is 2. The van der Waals surface area contributed by atoms with Crippen molar-refractivity contribution in [1.82, 2.24) is 14.8 Å². The van der Waals surface area contributed by atoms with Crippen molar-refractivity contribution >= 4 is 5.91 Å². The monoisotopic (exact) mass is 385 g/mol. The lowest BCUT2D eigenvalue weighted by molar-refractivity contribution is -0.141. The van der Waals surface area contributed by atoms with Gasteiger partial charge in [0.25, 0.3) is 0 Å². The molecule has 7 nitrogen and oxygen atoms in total. The zero-order valence-corrected chi connectivity index (χ0v) is 16.3. The van der Waals surface area contributed by atoms with E-state index in [2.05, 4.69) is 9.88 Å². The molecule has 0 saturated carbocycles. The van der Waals surface area contributed by atoms with Gasteiger partial charge in [-0.05, 0) is 50.2 Å². The van der Waals surface area contributed by atoms with Crippen LogP contribution in [0.25, 0.3) is 11.5 Å². The Bertz CT molecular complexity index is 775. The molecule has 2 aromatic rings. The quantitative estimate of drug-likeness (QED) is 0.787. The maximum absolute atomic E-state index is 12.6. The van der Waals surface area contributed by atoms with Gasteiger partial charge in [-0.2, -0.15) is 0 Å². The molecule has 1 aromatic carbocycles. The minimum atomic E-state index is 0.140. The van der Waals surface area contributed by atoms with Crippen LogP contribution in [0.5, 0.6) is 5.75 Å². The summed E-state index contributed by atoms with van der Waals surface area (Å²) < 4.78 is 16.2. The first-order valence-electron chi connectivity index (χ1n) is 9.90. The molecule has 0 N–H and O–H groups in total. The number of morpholine rings is 1. The molecule has 0 atom stereocenters. The first-order valence-corrected chi connectivity index (χ1v) is 9.90. The number of carbonyl (C=O) groups excluding carboxylic acids is 1. The van der Waals surface area contributed by atoms with Crippen LogP contribution in [0.1, 0.15) is 18.5 Å². The number of likely N-dealkylation sites (tertiary alicyclic amines) is 1. The summed E-state index contributed by atoms with van der Waals surface area (Å²) >= 11 is 0. The highest BCUT2D eigenvalue weighted by atomic mass is 16.5. The molecule has 4 rings (SSSR count). The summed E-state index contributed by atoms with van der Waals surface area (Å²) in [6.45, 7) is 5.34. The topological polar surface area (TPSA) is 68.0 Å². The van der Waals surface area contributed by atoms with Gasteiger partial charge >= 0.3 is 0 Å². The average molecular weight is 385 g/mol. The maximum atomic E-state index is 12.6. The minimum absolute atomic E-state index is 0.140. The van der Waals surface area contributed by atoms with Gasteiger partial charge in [0.2, 0.25) is 11.8 Å². The molecule has 1 amide bonds. The van der Waals surface area contributed by atoms with E-state index >= 15 is 0 Å². The fourth-order valence-corrected chi connectivity index (χ4v) is 3.85. The summed E-state index contributed by atoms with van der Waals surface area (Å²) in [6, 6.07) is 7.68. The average Bonchev–Trinajstić information content (AvgIpc) is 3.23. The molecule has 2 aliphatic heterocycles. The maximum Gasteiger partial charge on any atom is 0.226 e. The third-order valence-electron chi connectivity index (χ3n) is 5.53. The molecule has 7 heteroatoms. The van der Waals surface area contributed by atoms with Gasteiger partial charge in [0, 0.05) is 31.1 Å². The summed E-state index contributed by atoms with van der Waals surface area (Å²) in [5, 5.41) is 0. The van der Waals surface area contributed by atoms with Gasteiger partial charge in [0.05, 0.1) is 26.0 Å². The van der Waals surface area contributed by atoms with Crippen molar-refractivity contribution in [2.75, 3.05) is 46.5 Å². The molecule has 0 aliphatic carbocycles. The van der Waals surface area contributed by atoms with Crippen LogP contribution in [-0.2, 0) is 16.1 Å². The lowest BCUT2D eigenvalue weighted by atomic mass is 9.95. The van der Waals surface area contributed by atoms with Gasteiger partial charge in [-0.1, -0.05) is 0 Å². The zero-order chi connectivity index (χ0) is 19.3. The molecule has 150 valence electrons. The predicted octanol–water partition coefficient (Wildman–Crippen LogP) is 2.42. The number of piperidine rings is 1. The van der Waals surface area contributed by atoms with Gasteiger partial charge in [-0.25, -0.2) is 4.98 Å². The number of methoxy groups -OCH3 is 1. The van der Waals surface area contributed by atoms with Crippen LogP contribution < -0.4 is 4.74 Å². The van der Waals surface area contributed by atoms with E-state index in [1.807, 2.05) is 29.2 Å². The number of hydrogen-bond acceptors (Lipinski definition) is 6. The van der Waals surface area contributed by atoms with Crippen LogP contribution in [0.15, 0.2) is 34.9 Å². The normalized spacial score (nSPS) is 19.0. The highest BCUT2D eigenvalue weighted by molar-refractivity contribution is 5.79. The second-order valence-electron chi connectivity index (χ2n) is 7.36. The Morgan fingerprint density at radius 3 is 2.54 bits per heavy atom. The molecular weight excluding hydrogens is 358 g/mol. The number of oxazole rings is 1. The van der Waals surface area contributed by atoms with Crippen molar-refractivity contribution in [1.29, 1.82) is 0 Å². The molecule has 0 spiro atoms. The van der Waals surface area contributed by atoms with Crippen molar-refractivity contribution in [3.05, 3.63) is 36.2 Å². The van der Waals surface area contributed by atoms with Crippen LogP contribution >= 0.6 is 0 Å². The fraction of sp³-hybridized carbons (Fsp3) is 0.524. The summed E-state index contributed by atoms with van der Waals surface area (Å²) in [6.07, 6.45) is 3.53. The summed E-state index contributed by atoms with van der Waals surface area (Å²) in [4.78, 5) is 21.6. The van der Waals surface area contributed by atoms with Crippen LogP contribution in [0.2, 0.25) is 0 Å². The fourth-order valence-electron chi connectivity index (χ4n) is 3.85. The van der Waals surface area contributed by atoms with E-state index in [-0.39, 0.29) is 5.92 Å². The second kappa shape index (κ2) is 8.75. The number of amides is 1. The number of rotatable bonds is 5. The Morgan fingerprint density at radius 2 is 1.86 bits per heavy atom. The van der Waals surface area contributed by atoms with E-state index in [0.29, 0.717) is 25.0 Å². The molecule has 0 unspecified atom stereocenters. The van der Waals surface area contributed by atoms with Crippen molar-refractivity contribution in [3.63, 3.8) is 0 Å². The van der Waals surface area contributed by atoms with Crippen molar-refractivity contribution in [3.8, 4) is 17.2 Å². The van der Waals surface area contributed by atoms with Gasteiger partial charge < -0.3 is 18.8 Å². The second-order valence-corrected chi connectivity index (χ2v) is 7.36. The SMILES string of the molecule is COc1ccc(-c2nc(CN3CCC(C(=O)N4CCOCC4)CC3)co2)cc1. The molecule has 2 fully saturated rings. The van der Waals surface area contributed by atoms with Gasteiger partial charge in [-0.15, -0.1) is 0 Å². The van der Waals surface area contributed by atoms with Crippen molar-refractivity contribution < 1.29 is 18.7 Å². The Labute approximate surface area is 165 Å². The van der Waals surface area contributed by atoms with Crippen LogP contribution in [0.4, 0.5) is 0 Å². The van der Waals surface area contributed by atoms with Crippen LogP contribution in [0.3, 0.4) is 0 Å². The lowest BCUT2D eigenvalue weighted by Crippen LogP contribution is -2.46. The molecule has 1 aromatic heterocycles. The minimum Gasteiger partial charge on any atom is -0.497 e. The standard InChI is InChI=1S/C21H27N3O4/c1-26-19-4-2-16(3-5-19)20-22-18(15-28-20)14-23-8-6-17(7-9-23)21(25)24-10-12-27-13-11-24/h2-5,15,17H,6-14H2,1H3. The smallest absolute Gasteiger partial charge is 0.226 e. The van der Waals surface area contributed by atoms with Crippen LogP contribution in [-0.4, -0.2) is 67.2 Å². The van der Waals surface area contributed by atoms with E-state index in [4.69, 9.17) is 13.9 Å². The summed E-state index contributed by atoms with van der Waals surface area (Å²) in [5.74, 6) is 1.87. The van der Waals surface area contributed by atoms with Crippen LogP contribution in [0, 0.1) is 5.92 Å². The lowest BCUT2D eigenvalue weighted by Gasteiger charge is -2.35. The highest BCUT2D eigenvalue weighted by Gasteiger charge is 2.29. The van der Waals surface area contributed by atoms with Crippen molar-refractivity contribution in [2.45, 2.75) is 19.4 Å². The number of hydrogen-bond donors (Lipinski definition) is 0. The first kappa shape index (κ1) is 19.0. The van der Waals surface area contributed by atoms with Gasteiger partial charge in [0.15, 0.2) is 0 Å². The number of benzene rings is 1. The summed E-state index contributed by atoms with van der Waals surface area (Å²) in [5.41, 5.74) is 1.85. The Morgan fingerprint density at radius 1 is 1.14 bits per heavy atom. The first-order chi connectivity index (χ1) is 13.7. The Balaban J connectivity index is 1.29. The Hall–Kier alpha value is -2.38. The molecule has 0 bridgehead atoms. The number of carbonyl (C=O) groups is 1. The molecule has 0 radical (unpaired) electrons. The highest BCUT2D eigenvalue weighted by Crippen LogP contribution is 2.24. The van der Waals surface area contributed by atoms with E-state index in [9.17, 15) is 4.79 Å². The van der Waals surface area contributed by atoms with E-state index < -0.39 is 0 Å². The molecule has 2 saturated heterocycles. The molecule has 3 heterocycles. The number of nitrogens with zero attached hydrogens (tertiary/aromatic N) is 3. The van der Waals surface area contributed by atoms with Gasteiger partial charge in [0.1, 0.15) is 12.0 Å². The largest absolute Gasteiger partial charge is 0.497 e. The zero-order valence-electron chi connectivity index (χ0n) is 16.3. The van der Waals surface area contributed by atoms with E-state index in [0.717, 1.165) is 62.6 Å². The molecule has 2 aliphatic rings. The van der Waals surface area contributed by atoms with E-state index in [1.165, 1.54) is 0 Å². The Kier molecular flexibility index (Phi) is 5.92. The van der Waals surface area contributed by atoms with Crippen molar-refractivity contribution in [2.24, 2.45) is 5.92 Å².